The summed E-state index contributed by atoms with van der Waals surface area (Å²) in [5, 5.41) is 0. The second kappa shape index (κ2) is 3.51. The predicted octanol–water partition coefficient (Wildman–Crippen LogP) is 3.12. The Bertz CT molecular complexity index is 177. The summed E-state index contributed by atoms with van der Waals surface area (Å²) >= 11 is 0. The number of fused-ring (bicyclic) bond motifs is 3. The zero-order valence-corrected chi connectivity index (χ0v) is 7.88. The topological polar surface area (TPSA) is 9.23 Å². The molecule has 1 fully saturated rings. The summed E-state index contributed by atoms with van der Waals surface area (Å²) in [6, 6.07) is 0. The lowest BCUT2D eigenvalue weighted by molar-refractivity contribution is 0.147. The molecule has 0 unspecified atom stereocenters. The lowest BCUT2D eigenvalue weighted by Gasteiger charge is -2.36. The van der Waals surface area contributed by atoms with Crippen LogP contribution in [0.4, 0.5) is 0 Å². The van der Waals surface area contributed by atoms with Crippen LogP contribution < -0.4 is 0 Å². The Hall–Kier alpha value is -0.460. The van der Waals surface area contributed by atoms with Crippen LogP contribution in [0.15, 0.2) is 11.8 Å². The van der Waals surface area contributed by atoms with Gasteiger partial charge in [-0.05, 0) is 50.5 Å². The summed E-state index contributed by atoms with van der Waals surface area (Å²) in [7, 11) is 0. The van der Waals surface area contributed by atoms with Crippen molar-refractivity contribution in [1.82, 2.24) is 0 Å². The molecule has 0 aromatic heterocycles. The SMILES string of the molecule is CCO/C1=C/CC2CC(CC1)C2. The molecule has 0 amide bonds. The number of rotatable bonds is 2. The van der Waals surface area contributed by atoms with Gasteiger partial charge in [0.1, 0.15) is 0 Å². The van der Waals surface area contributed by atoms with Gasteiger partial charge in [0.2, 0.25) is 0 Å². The first-order chi connectivity index (χ1) is 5.88. The van der Waals surface area contributed by atoms with Crippen molar-refractivity contribution in [2.75, 3.05) is 6.61 Å². The first-order valence-corrected chi connectivity index (χ1v) is 5.20. The third kappa shape index (κ3) is 1.65. The van der Waals surface area contributed by atoms with Gasteiger partial charge in [-0.3, -0.25) is 0 Å². The van der Waals surface area contributed by atoms with E-state index in [-0.39, 0.29) is 0 Å². The molecule has 0 saturated heterocycles. The minimum absolute atomic E-state index is 0.834. The molecule has 1 nitrogen and oxygen atoms in total. The summed E-state index contributed by atoms with van der Waals surface area (Å²) in [6.45, 7) is 2.90. The van der Waals surface area contributed by atoms with E-state index in [1.807, 2.05) is 0 Å². The van der Waals surface area contributed by atoms with E-state index in [0.29, 0.717) is 0 Å². The molecule has 1 heteroatoms. The fraction of sp³-hybridized carbons (Fsp3) is 0.818. The third-order valence-corrected chi connectivity index (χ3v) is 3.14. The maximum atomic E-state index is 5.55. The molecule has 3 rings (SSSR count). The predicted molar refractivity (Wildman–Crippen MR) is 49.8 cm³/mol. The van der Waals surface area contributed by atoms with Crippen LogP contribution in [0.1, 0.15) is 39.0 Å². The Kier molecular flexibility index (Phi) is 2.38. The van der Waals surface area contributed by atoms with Gasteiger partial charge in [0.05, 0.1) is 12.4 Å². The van der Waals surface area contributed by atoms with Crippen molar-refractivity contribution < 1.29 is 4.74 Å². The second-order valence-corrected chi connectivity index (χ2v) is 4.08. The highest BCUT2D eigenvalue weighted by atomic mass is 16.5. The molecule has 0 radical (unpaired) electrons. The summed E-state index contributed by atoms with van der Waals surface area (Å²) in [4.78, 5) is 0. The molecule has 2 bridgehead atoms. The fourth-order valence-corrected chi connectivity index (χ4v) is 2.36. The van der Waals surface area contributed by atoms with Gasteiger partial charge < -0.3 is 4.74 Å². The molecule has 68 valence electrons. The number of allylic oxidation sites excluding steroid dienone is 2. The number of hydrogen-bond donors (Lipinski definition) is 0. The lowest BCUT2D eigenvalue weighted by Crippen LogP contribution is -2.24. The van der Waals surface area contributed by atoms with Gasteiger partial charge in [-0.15, -0.1) is 0 Å². The Morgan fingerprint density at radius 3 is 3.00 bits per heavy atom. The van der Waals surface area contributed by atoms with Crippen molar-refractivity contribution in [3.8, 4) is 0 Å². The summed E-state index contributed by atoms with van der Waals surface area (Å²) in [5.74, 6) is 3.27. The van der Waals surface area contributed by atoms with E-state index in [2.05, 4.69) is 13.0 Å². The molecule has 3 aliphatic rings. The molecule has 0 heterocycles. The minimum Gasteiger partial charge on any atom is -0.499 e. The molecule has 0 aromatic rings. The van der Waals surface area contributed by atoms with Crippen LogP contribution in [0, 0.1) is 11.8 Å². The van der Waals surface area contributed by atoms with Crippen molar-refractivity contribution in [2.45, 2.75) is 39.0 Å². The van der Waals surface area contributed by atoms with Crippen molar-refractivity contribution in [1.29, 1.82) is 0 Å². The van der Waals surface area contributed by atoms with E-state index in [9.17, 15) is 0 Å². The highest BCUT2D eigenvalue weighted by molar-refractivity contribution is 5.00. The van der Waals surface area contributed by atoms with Crippen molar-refractivity contribution in [2.24, 2.45) is 11.8 Å². The second-order valence-electron chi connectivity index (χ2n) is 4.08. The smallest absolute Gasteiger partial charge is 0.0920 e. The molecule has 3 aliphatic carbocycles. The lowest BCUT2D eigenvalue weighted by atomic mass is 9.70. The maximum absolute atomic E-state index is 5.55. The molecule has 0 atom stereocenters. The normalized spacial score (nSPS) is 38.6. The van der Waals surface area contributed by atoms with E-state index in [1.165, 1.54) is 37.9 Å². The first-order valence-electron chi connectivity index (χ1n) is 5.20. The maximum Gasteiger partial charge on any atom is 0.0920 e. The van der Waals surface area contributed by atoms with E-state index in [4.69, 9.17) is 4.74 Å². The van der Waals surface area contributed by atoms with Gasteiger partial charge in [0.15, 0.2) is 0 Å². The monoisotopic (exact) mass is 166 g/mol. The van der Waals surface area contributed by atoms with Crippen LogP contribution in [0.25, 0.3) is 0 Å². The summed E-state index contributed by atoms with van der Waals surface area (Å²) < 4.78 is 5.55. The van der Waals surface area contributed by atoms with E-state index < -0.39 is 0 Å². The Morgan fingerprint density at radius 2 is 2.25 bits per heavy atom. The molecule has 0 aliphatic heterocycles. The van der Waals surface area contributed by atoms with Crippen molar-refractivity contribution in [3.63, 3.8) is 0 Å². The van der Waals surface area contributed by atoms with Crippen LogP contribution in [0.2, 0.25) is 0 Å². The summed E-state index contributed by atoms with van der Waals surface area (Å²) in [6.07, 6.45) is 9.11. The molecule has 12 heavy (non-hydrogen) atoms. The van der Waals surface area contributed by atoms with Gasteiger partial charge in [0, 0.05) is 6.42 Å². The number of hydrogen-bond acceptors (Lipinski definition) is 1. The van der Waals surface area contributed by atoms with Gasteiger partial charge in [-0.25, -0.2) is 0 Å². The Morgan fingerprint density at radius 1 is 1.42 bits per heavy atom. The molecule has 1 saturated carbocycles. The average Bonchev–Trinajstić information content (AvgIpc) is 1.91. The van der Waals surface area contributed by atoms with Crippen molar-refractivity contribution >= 4 is 0 Å². The van der Waals surface area contributed by atoms with E-state index in [0.717, 1.165) is 18.4 Å². The van der Waals surface area contributed by atoms with Gasteiger partial charge in [0.25, 0.3) is 0 Å². The molecule has 0 spiro atoms. The average molecular weight is 166 g/mol. The largest absolute Gasteiger partial charge is 0.499 e. The van der Waals surface area contributed by atoms with Crippen molar-refractivity contribution in [3.05, 3.63) is 11.8 Å². The van der Waals surface area contributed by atoms with Crippen LogP contribution in [0.3, 0.4) is 0 Å². The number of ether oxygens (including phenoxy) is 1. The van der Waals surface area contributed by atoms with Gasteiger partial charge in [-0.1, -0.05) is 0 Å². The minimum atomic E-state index is 0.834. The third-order valence-electron chi connectivity index (χ3n) is 3.14. The van der Waals surface area contributed by atoms with E-state index >= 15 is 0 Å². The zero-order chi connectivity index (χ0) is 8.39. The molecular formula is C11H18O. The summed E-state index contributed by atoms with van der Waals surface area (Å²) in [5.41, 5.74) is 0. The molecular weight excluding hydrogens is 148 g/mol. The fourth-order valence-electron chi connectivity index (χ4n) is 2.36. The Balaban J connectivity index is 1.91. The van der Waals surface area contributed by atoms with Crippen LogP contribution in [-0.2, 0) is 4.74 Å². The quantitative estimate of drug-likeness (QED) is 0.612. The van der Waals surface area contributed by atoms with Gasteiger partial charge in [-0.2, -0.15) is 0 Å². The highest BCUT2D eigenvalue weighted by Gasteiger charge is 2.29. The van der Waals surface area contributed by atoms with Gasteiger partial charge >= 0.3 is 0 Å². The first kappa shape index (κ1) is 8.15. The van der Waals surface area contributed by atoms with Crippen LogP contribution >= 0.6 is 0 Å². The highest BCUT2D eigenvalue weighted by Crippen LogP contribution is 2.41. The Labute approximate surface area is 74.8 Å². The molecule has 0 aromatic carbocycles. The van der Waals surface area contributed by atoms with E-state index in [1.54, 1.807) is 0 Å². The zero-order valence-electron chi connectivity index (χ0n) is 7.88. The molecule has 0 N–H and O–H groups in total. The van der Waals surface area contributed by atoms with Crippen LogP contribution in [-0.4, -0.2) is 6.61 Å². The van der Waals surface area contributed by atoms with Crippen LogP contribution in [0.5, 0.6) is 0 Å². The standard InChI is InChI=1S/C11H18O/c1-2-12-11-5-3-9-7-10(8-9)4-6-11/h5,9-10H,2-4,6-8H2,1H3/b11-5+.